The van der Waals surface area contributed by atoms with E-state index in [2.05, 4.69) is 10.3 Å². The number of amides is 1. The third-order valence-electron chi connectivity index (χ3n) is 4.84. The minimum absolute atomic E-state index is 0.137. The van der Waals surface area contributed by atoms with Crippen molar-refractivity contribution in [3.8, 4) is 0 Å². The Kier molecular flexibility index (Phi) is 6.19. The molecule has 1 aromatic heterocycles. The van der Waals surface area contributed by atoms with Gasteiger partial charge in [-0.05, 0) is 48.7 Å². The van der Waals surface area contributed by atoms with Gasteiger partial charge in [0, 0.05) is 41.2 Å². The van der Waals surface area contributed by atoms with Crippen LogP contribution in [0.3, 0.4) is 0 Å². The Morgan fingerprint density at radius 2 is 1.90 bits per heavy atom. The van der Waals surface area contributed by atoms with Crippen molar-refractivity contribution in [3.05, 3.63) is 75.8 Å². The van der Waals surface area contributed by atoms with Gasteiger partial charge in [-0.15, -0.1) is 11.3 Å². The Morgan fingerprint density at radius 1 is 1.13 bits per heavy atom. The molecule has 0 saturated carbocycles. The summed E-state index contributed by atoms with van der Waals surface area (Å²) < 4.78 is 27.0. The average Bonchev–Trinajstić information content (AvgIpc) is 3.41. The van der Waals surface area contributed by atoms with Gasteiger partial charge >= 0.3 is 0 Å². The number of aromatic nitrogens is 1. The first-order chi connectivity index (χ1) is 14.4. The third kappa shape index (κ3) is 4.73. The molecule has 2 aromatic carbocycles. The molecule has 0 spiro atoms. The van der Waals surface area contributed by atoms with Crippen molar-refractivity contribution in [1.29, 1.82) is 0 Å². The normalized spacial score (nSPS) is 14.7. The first-order valence-electron chi connectivity index (χ1n) is 9.52. The summed E-state index contributed by atoms with van der Waals surface area (Å²) >= 11 is 7.40. The first kappa shape index (κ1) is 21.0. The van der Waals surface area contributed by atoms with E-state index in [1.165, 1.54) is 27.8 Å². The van der Waals surface area contributed by atoms with Crippen LogP contribution < -0.4 is 5.32 Å². The Labute approximate surface area is 184 Å². The zero-order valence-electron chi connectivity index (χ0n) is 16.0. The predicted molar refractivity (Wildman–Crippen MR) is 119 cm³/mol. The molecule has 0 unspecified atom stereocenters. The molecule has 4 rings (SSSR count). The van der Waals surface area contributed by atoms with Gasteiger partial charge in [-0.25, -0.2) is 13.4 Å². The number of rotatable bonds is 6. The lowest BCUT2D eigenvalue weighted by atomic mass is 10.1. The number of thiazole rings is 1. The molecule has 2 heterocycles. The summed E-state index contributed by atoms with van der Waals surface area (Å²) in [6.07, 6.45) is 4.11. The second kappa shape index (κ2) is 8.85. The highest BCUT2D eigenvalue weighted by atomic mass is 35.5. The number of carbonyl (C=O) groups is 1. The molecular formula is C21H20ClN3O3S2. The van der Waals surface area contributed by atoms with Crippen molar-refractivity contribution in [2.24, 2.45) is 0 Å². The first-order valence-corrected chi connectivity index (χ1v) is 12.2. The van der Waals surface area contributed by atoms with E-state index in [1.807, 2.05) is 24.3 Å². The van der Waals surface area contributed by atoms with E-state index in [9.17, 15) is 13.2 Å². The lowest BCUT2D eigenvalue weighted by Gasteiger charge is -2.15. The Morgan fingerprint density at radius 3 is 2.67 bits per heavy atom. The van der Waals surface area contributed by atoms with E-state index in [1.54, 1.807) is 18.3 Å². The van der Waals surface area contributed by atoms with Crippen LogP contribution in [0.1, 0.15) is 33.6 Å². The molecule has 6 nitrogen and oxygen atoms in total. The van der Waals surface area contributed by atoms with Gasteiger partial charge in [-0.2, -0.15) is 4.31 Å². The van der Waals surface area contributed by atoms with Gasteiger partial charge in [0.2, 0.25) is 10.0 Å². The van der Waals surface area contributed by atoms with Gasteiger partial charge in [0.1, 0.15) is 0 Å². The van der Waals surface area contributed by atoms with Gasteiger partial charge in [0.25, 0.3) is 5.91 Å². The zero-order chi connectivity index (χ0) is 21.1. The minimum Gasteiger partial charge on any atom is -0.298 e. The highest BCUT2D eigenvalue weighted by Crippen LogP contribution is 2.24. The Bertz CT molecular complexity index is 1170. The lowest BCUT2D eigenvalue weighted by Crippen LogP contribution is -2.28. The van der Waals surface area contributed by atoms with E-state index in [-0.39, 0.29) is 10.5 Å². The molecule has 1 fully saturated rings. The zero-order valence-corrected chi connectivity index (χ0v) is 18.4. The van der Waals surface area contributed by atoms with Crippen molar-refractivity contribution in [2.45, 2.75) is 24.2 Å². The van der Waals surface area contributed by atoms with Crippen LogP contribution in [0.5, 0.6) is 0 Å². The second-order valence-electron chi connectivity index (χ2n) is 7.03. The summed E-state index contributed by atoms with van der Waals surface area (Å²) in [5.74, 6) is -0.392. The Hall–Kier alpha value is -2.26. The third-order valence-corrected chi connectivity index (χ3v) is 7.88. The summed E-state index contributed by atoms with van der Waals surface area (Å²) in [5.41, 5.74) is 1.34. The maximum Gasteiger partial charge on any atom is 0.257 e. The van der Waals surface area contributed by atoms with Crippen LogP contribution in [0.4, 0.5) is 5.13 Å². The number of sulfonamides is 1. The van der Waals surface area contributed by atoms with Gasteiger partial charge in [-0.3, -0.25) is 10.1 Å². The summed E-state index contributed by atoms with van der Waals surface area (Å²) in [6, 6.07) is 13.7. The highest BCUT2D eigenvalue weighted by Gasteiger charge is 2.27. The van der Waals surface area contributed by atoms with Gasteiger partial charge in [0.05, 0.1) is 4.90 Å². The molecule has 1 amide bonds. The fraction of sp³-hybridized carbons (Fsp3) is 0.238. The molecule has 0 atom stereocenters. The van der Waals surface area contributed by atoms with Crippen LogP contribution in [0.25, 0.3) is 0 Å². The number of hydrogen-bond acceptors (Lipinski definition) is 5. The lowest BCUT2D eigenvalue weighted by molar-refractivity contribution is 0.102. The number of carbonyl (C=O) groups excluding carboxylic acids is 1. The second-order valence-corrected chi connectivity index (χ2v) is 10.5. The molecule has 9 heteroatoms. The molecular weight excluding hydrogens is 442 g/mol. The van der Waals surface area contributed by atoms with E-state index in [0.717, 1.165) is 23.3 Å². The number of halogens is 1. The van der Waals surface area contributed by atoms with Crippen molar-refractivity contribution < 1.29 is 13.2 Å². The maximum atomic E-state index is 12.7. The summed E-state index contributed by atoms with van der Waals surface area (Å²) in [6.45, 7) is 1.04. The van der Waals surface area contributed by atoms with E-state index < -0.39 is 15.9 Å². The van der Waals surface area contributed by atoms with Crippen molar-refractivity contribution in [1.82, 2.24) is 9.29 Å². The summed E-state index contributed by atoms with van der Waals surface area (Å²) in [4.78, 5) is 18.0. The molecule has 1 saturated heterocycles. The number of anilines is 1. The summed E-state index contributed by atoms with van der Waals surface area (Å²) in [5, 5.41) is 3.90. The van der Waals surface area contributed by atoms with Crippen LogP contribution in [0, 0.1) is 0 Å². The van der Waals surface area contributed by atoms with Gasteiger partial charge < -0.3 is 0 Å². The smallest absolute Gasteiger partial charge is 0.257 e. The quantitative estimate of drug-likeness (QED) is 0.589. The van der Waals surface area contributed by atoms with E-state index in [4.69, 9.17) is 11.6 Å². The van der Waals surface area contributed by atoms with Crippen molar-refractivity contribution >= 4 is 44.0 Å². The van der Waals surface area contributed by atoms with Crippen LogP contribution in [-0.2, 0) is 16.4 Å². The van der Waals surface area contributed by atoms with Crippen LogP contribution in [-0.4, -0.2) is 36.7 Å². The molecule has 1 N–H and O–H groups in total. The number of nitrogens with one attached hydrogen (secondary N) is 1. The molecule has 1 aliphatic rings. The summed E-state index contributed by atoms with van der Waals surface area (Å²) in [7, 11) is -3.57. The highest BCUT2D eigenvalue weighted by molar-refractivity contribution is 7.89. The molecule has 0 aliphatic carbocycles. The molecule has 30 heavy (non-hydrogen) atoms. The van der Waals surface area contributed by atoms with E-state index in [0.29, 0.717) is 29.7 Å². The minimum atomic E-state index is -3.57. The average molecular weight is 462 g/mol. The number of hydrogen-bond donors (Lipinski definition) is 1. The molecule has 0 radical (unpaired) electrons. The molecule has 156 valence electrons. The number of nitrogens with zero attached hydrogens (tertiary/aromatic N) is 2. The van der Waals surface area contributed by atoms with Crippen LogP contribution >= 0.6 is 22.9 Å². The maximum absolute atomic E-state index is 12.7. The van der Waals surface area contributed by atoms with Gasteiger partial charge in [-0.1, -0.05) is 29.8 Å². The standard InChI is InChI=1S/C21H20ClN3O3S2/c22-17-7-3-5-15(11-17)12-18-14-23-21(29-18)24-20(26)16-6-4-8-19(13-16)30(27,28)25-9-1-2-10-25/h3-8,11,13-14H,1-2,9-10,12H2,(H,23,24,26). The predicted octanol–water partition coefficient (Wildman–Crippen LogP) is 4.42. The van der Waals surface area contributed by atoms with Gasteiger partial charge in [0.15, 0.2) is 5.13 Å². The van der Waals surface area contributed by atoms with E-state index >= 15 is 0 Å². The number of benzene rings is 2. The van der Waals surface area contributed by atoms with Crippen molar-refractivity contribution in [2.75, 3.05) is 18.4 Å². The fourth-order valence-electron chi connectivity index (χ4n) is 3.34. The molecule has 3 aromatic rings. The van der Waals surface area contributed by atoms with Crippen molar-refractivity contribution in [3.63, 3.8) is 0 Å². The fourth-order valence-corrected chi connectivity index (χ4v) is 5.96. The topological polar surface area (TPSA) is 79.4 Å². The van der Waals surface area contributed by atoms with Crippen LogP contribution in [0.15, 0.2) is 59.6 Å². The Balaban J connectivity index is 1.46. The molecule has 1 aliphatic heterocycles. The SMILES string of the molecule is O=C(Nc1ncc(Cc2cccc(Cl)c2)s1)c1cccc(S(=O)(=O)N2CCCC2)c1. The van der Waals surface area contributed by atoms with Crippen LogP contribution in [0.2, 0.25) is 5.02 Å². The molecule has 0 bridgehead atoms. The largest absolute Gasteiger partial charge is 0.298 e. The monoisotopic (exact) mass is 461 g/mol.